The molecule has 122 valence electrons. The zero-order valence-corrected chi connectivity index (χ0v) is 12.5. The van der Waals surface area contributed by atoms with E-state index in [1.165, 1.54) is 0 Å². The molecular formula is C14H17ClF3N3O. The van der Waals surface area contributed by atoms with Gasteiger partial charge in [-0.15, -0.1) is 0 Å². The maximum atomic E-state index is 12.7. The lowest BCUT2D eigenvalue weighted by Gasteiger charge is -2.29. The minimum Gasteiger partial charge on any atom is -0.328 e. The highest BCUT2D eigenvalue weighted by molar-refractivity contribution is 6.33. The monoisotopic (exact) mass is 335 g/mol. The maximum Gasteiger partial charge on any atom is 0.416 e. The van der Waals surface area contributed by atoms with E-state index < -0.39 is 17.6 Å². The number of carbonyl (C=O) groups excluding carboxylic acids is 1. The molecule has 0 bridgehead atoms. The Hall–Kier alpha value is -1.31. The van der Waals surface area contributed by atoms with Crippen LogP contribution in [-0.2, 0) is 11.0 Å². The number of rotatable bonds is 3. The summed E-state index contributed by atoms with van der Waals surface area (Å²) in [6, 6.07) is 2.99. The Balaban J connectivity index is 1.99. The average molecular weight is 336 g/mol. The third-order valence-electron chi connectivity index (χ3n) is 3.57. The predicted octanol–water partition coefficient (Wildman–Crippen LogP) is 2.72. The minimum atomic E-state index is -4.48. The first-order valence-electron chi connectivity index (χ1n) is 6.90. The molecule has 0 aliphatic carbocycles. The highest BCUT2D eigenvalue weighted by Crippen LogP contribution is 2.33. The van der Waals surface area contributed by atoms with Crippen LogP contribution in [0.25, 0.3) is 0 Å². The molecule has 1 heterocycles. The van der Waals surface area contributed by atoms with E-state index in [-0.39, 0.29) is 23.3 Å². The molecule has 1 aromatic rings. The predicted molar refractivity (Wildman–Crippen MR) is 78.7 cm³/mol. The van der Waals surface area contributed by atoms with Crippen molar-refractivity contribution in [3.05, 3.63) is 28.8 Å². The molecule has 0 spiro atoms. The van der Waals surface area contributed by atoms with Gasteiger partial charge in [-0.25, -0.2) is 0 Å². The van der Waals surface area contributed by atoms with Gasteiger partial charge in [0.15, 0.2) is 0 Å². The molecule has 22 heavy (non-hydrogen) atoms. The molecule has 1 saturated heterocycles. The summed E-state index contributed by atoms with van der Waals surface area (Å²) in [7, 11) is 0. The first-order valence-corrected chi connectivity index (χ1v) is 7.28. The van der Waals surface area contributed by atoms with Crippen molar-refractivity contribution in [2.24, 2.45) is 5.73 Å². The summed E-state index contributed by atoms with van der Waals surface area (Å²) in [5.41, 5.74) is 4.89. The molecule has 2 rings (SSSR count). The van der Waals surface area contributed by atoms with Gasteiger partial charge in [0.1, 0.15) is 0 Å². The number of hydrogen-bond donors (Lipinski definition) is 2. The number of amides is 1. The summed E-state index contributed by atoms with van der Waals surface area (Å²) >= 11 is 5.84. The SMILES string of the molecule is NC1CCN(CC(=O)Nc2cc(C(F)(F)F)ccc2Cl)CC1. The summed E-state index contributed by atoms with van der Waals surface area (Å²) in [4.78, 5) is 13.9. The number of anilines is 1. The van der Waals surface area contributed by atoms with Crippen LogP contribution in [0.4, 0.5) is 18.9 Å². The van der Waals surface area contributed by atoms with Crippen molar-refractivity contribution in [3.63, 3.8) is 0 Å². The molecule has 1 aliphatic heterocycles. The lowest BCUT2D eigenvalue weighted by atomic mass is 10.1. The number of carbonyl (C=O) groups is 1. The van der Waals surface area contributed by atoms with Gasteiger partial charge in [0.05, 0.1) is 22.8 Å². The Morgan fingerprint density at radius 1 is 1.36 bits per heavy atom. The minimum absolute atomic E-state index is 0.0322. The van der Waals surface area contributed by atoms with E-state index in [1.54, 1.807) is 0 Å². The second kappa shape index (κ2) is 6.85. The van der Waals surface area contributed by atoms with Crippen LogP contribution in [0.15, 0.2) is 18.2 Å². The number of hydrogen-bond acceptors (Lipinski definition) is 3. The van der Waals surface area contributed by atoms with Crippen molar-refractivity contribution >= 4 is 23.2 Å². The normalized spacial score (nSPS) is 17.5. The number of benzene rings is 1. The Bertz CT molecular complexity index is 543. The molecule has 0 atom stereocenters. The summed E-state index contributed by atoms with van der Waals surface area (Å²) in [6.07, 6.45) is -2.87. The van der Waals surface area contributed by atoms with Gasteiger partial charge in [0.25, 0.3) is 0 Å². The number of nitrogens with two attached hydrogens (primary N) is 1. The van der Waals surface area contributed by atoms with E-state index in [2.05, 4.69) is 5.32 Å². The molecule has 8 heteroatoms. The van der Waals surface area contributed by atoms with Crippen molar-refractivity contribution in [2.75, 3.05) is 25.0 Å². The first kappa shape index (κ1) is 17.1. The number of nitrogens with one attached hydrogen (secondary N) is 1. The van der Waals surface area contributed by atoms with Crippen LogP contribution in [0, 0.1) is 0 Å². The molecule has 1 aliphatic rings. The van der Waals surface area contributed by atoms with Crippen LogP contribution in [0.2, 0.25) is 5.02 Å². The second-order valence-electron chi connectivity index (χ2n) is 5.35. The molecule has 0 saturated carbocycles. The summed E-state index contributed by atoms with van der Waals surface area (Å²) in [5.74, 6) is -0.392. The summed E-state index contributed by atoms with van der Waals surface area (Å²) in [6.45, 7) is 1.51. The molecule has 0 radical (unpaired) electrons. The van der Waals surface area contributed by atoms with Crippen LogP contribution in [-0.4, -0.2) is 36.5 Å². The molecule has 4 nitrogen and oxygen atoms in total. The van der Waals surface area contributed by atoms with Gasteiger partial charge in [0, 0.05) is 19.1 Å². The topological polar surface area (TPSA) is 58.4 Å². The molecule has 1 amide bonds. The zero-order valence-electron chi connectivity index (χ0n) is 11.8. The van der Waals surface area contributed by atoms with Gasteiger partial charge >= 0.3 is 6.18 Å². The second-order valence-corrected chi connectivity index (χ2v) is 5.76. The number of nitrogens with zero attached hydrogens (tertiary/aromatic N) is 1. The van der Waals surface area contributed by atoms with Crippen molar-refractivity contribution in [1.29, 1.82) is 0 Å². The van der Waals surface area contributed by atoms with Gasteiger partial charge in [0.2, 0.25) is 5.91 Å². The lowest BCUT2D eigenvalue weighted by Crippen LogP contribution is -2.43. The highest BCUT2D eigenvalue weighted by atomic mass is 35.5. The van der Waals surface area contributed by atoms with Crippen LogP contribution in [0.1, 0.15) is 18.4 Å². The highest BCUT2D eigenvalue weighted by Gasteiger charge is 2.31. The first-order chi connectivity index (χ1) is 10.3. The molecule has 0 unspecified atom stereocenters. The van der Waals surface area contributed by atoms with Crippen LogP contribution < -0.4 is 11.1 Å². The molecule has 1 aromatic carbocycles. The van der Waals surface area contributed by atoms with Crippen molar-refractivity contribution in [1.82, 2.24) is 4.90 Å². The fourth-order valence-electron chi connectivity index (χ4n) is 2.30. The Morgan fingerprint density at radius 2 is 2.00 bits per heavy atom. The quantitative estimate of drug-likeness (QED) is 0.893. The van der Waals surface area contributed by atoms with E-state index >= 15 is 0 Å². The van der Waals surface area contributed by atoms with Crippen molar-refractivity contribution < 1.29 is 18.0 Å². The zero-order chi connectivity index (χ0) is 16.3. The van der Waals surface area contributed by atoms with E-state index in [0.29, 0.717) is 13.1 Å². The fraction of sp³-hybridized carbons (Fsp3) is 0.500. The number of piperidine rings is 1. The van der Waals surface area contributed by atoms with E-state index in [9.17, 15) is 18.0 Å². The van der Waals surface area contributed by atoms with Crippen LogP contribution in [0.5, 0.6) is 0 Å². The maximum absolute atomic E-state index is 12.7. The third-order valence-corrected chi connectivity index (χ3v) is 3.90. The molecule has 1 fully saturated rings. The Morgan fingerprint density at radius 3 is 2.59 bits per heavy atom. The number of halogens is 4. The van der Waals surface area contributed by atoms with Crippen molar-refractivity contribution in [2.45, 2.75) is 25.1 Å². The van der Waals surface area contributed by atoms with Crippen LogP contribution >= 0.6 is 11.6 Å². The van der Waals surface area contributed by atoms with E-state index in [1.807, 2.05) is 4.90 Å². The Kier molecular flexibility index (Phi) is 5.31. The fourth-order valence-corrected chi connectivity index (χ4v) is 2.47. The van der Waals surface area contributed by atoms with Gasteiger partial charge < -0.3 is 11.1 Å². The van der Waals surface area contributed by atoms with Gasteiger partial charge in [-0.05, 0) is 31.0 Å². The standard InChI is InChI=1S/C14H17ClF3N3O/c15-11-2-1-9(14(16,17)18)7-12(11)20-13(22)8-21-5-3-10(19)4-6-21/h1-2,7,10H,3-6,8,19H2,(H,20,22). The summed E-state index contributed by atoms with van der Waals surface area (Å²) in [5, 5.41) is 2.51. The molecule has 3 N–H and O–H groups in total. The number of likely N-dealkylation sites (tertiary alicyclic amines) is 1. The van der Waals surface area contributed by atoms with E-state index in [0.717, 1.165) is 31.0 Å². The van der Waals surface area contributed by atoms with Gasteiger partial charge in [-0.1, -0.05) is 11.6 Å². The molecule has 0 aromatic heterocycles. The smallest absolute Gasteiger partial charge is 0.328 e. The lowest BCUT2D eigenvalue weighted by molar-refractivity contribution is -0.137. The van der Waals surface area contributed by atoms with Crippen LogP contribution in [0.3, 0.4) is 0 Å². The molecular weight excluding hydrogens is 319 g/mol. The number of alkyl halides is 3. The Labute approximate surface area is 131 Å². The largest absolute Gasteiger partial charge is 0.416 e. The van der Waals surface area contributed by atoms with Gasteiger partial charge in [-0.3, -0.25) is 9.69 Å². The van der Waals surface area contributed by atoms with Gasteiger partial charge in [-0.2, -0.15) is 13.2 Å². The average Bonchev–Trinajstić information content (AvgIpc) is 2.42. The van der Waals surface area contributed by atoms with Crippen molar-refractivity contribution in [3.8, 4) is 0 Å². The van der Waals surface area contributed by atoms with E-state index in [4.69, 9.17) is 17.3 Å². The third kappa shape index (κ3) is 4.59. The summed E-state index contributed by atoms with van der Waals surface area (Å²) < 4.78 is 38.0.